The number of esters is 1. The number of hydrogen-bond acceptors (Lipinski definition) is 5. The Morgan fingerprint density at radius 2 is 2.11 bits per heavy atom. The van der Waals surface area contributed by atoms with Crippen LogP contribution in [0.5, 0.6) is 0 Å². The maximum Gasteiger partial charge on any atom is 0.411 e. The average molecular weight is 267 g/mol. The van der Waals surface area contributed by atoms with Gasteiger partial charge in [0.25, 0.3) is 5.82 Å². The zero-order valence-electron chi connectivity index (χ0n) is 9.82. The molecular weight excluding hydrogens is 255 g/mol. The predicted molar refractivity (Wildman–Crippen MR) is 52.7 cm³/mol. The first-order chi connectivity index (χ1) is 8.33. The maximum atomic E-state index is 11.9. The molecule has 18 heavy (non-hydrogen) atoms. The number of halogens is 3. The maximum absolute atomic E-state index is 11.9. The Kier molecular flexibility index (Phi) is 4.65. The fourth-order valence-corrected chi connectivity index (χ4v) is 1.08. The molecule has 0 bridgehead atoms. The number of aryl methyl sites for hydroxylation is 1. The zero-order chi connectivity index (χ0) is 13.8. The van der Waals surface area contributed by atoms with Crippen molar-refractivity contribution >= 4 is 5.97 Å². The molecule has 102 valence electrons. The quantitative estimate of drug-likeness (QED) is 0.746. The summed E-state index contributed by atoms with van der Waals surface area (Å²) >= 11 is 0. The lowest BCUT2D eigenvalue weighted by molar-refractivity contribution is -0.177. The average Bonchev–Trinajstić information content (AvgIpc) is 2.59. The topological polar surface area (TPSA) is 66.2 Å². The van der Waals surface area contributed by atoms with Gasteiger partial charge >= 0.3 is 12.1 Å². The Labute approximate surface area is 101 Å². The number of carbonyl (C=O) groups is 1. The van der Waals surface area contributed by atoms with Gasteiger partial charge < -0.3 is 9.47 Å². The predicted octanol–water partition coefficient (Wildman–Crippen LogP) is 1.07. The number of aromatic nitrogens is 3. The van der Waals surface area contributed by atoms with Crippen LogP contribution in [0, 0.1) is 0 Å². The van der Waals surface area contributed by atoms with Crippen LogP contribution < -0.4 is 0 Å². The Hall–Kier alpha value is -1.64. The summed E-state index contributed by atoms with van der Waals surface area (Å²) in [4.78, 5) is 15.0. The summed E-state index contributed by atoms with van der Waals surface area (Å²) in [6.07, 6.45) is -4.40. The summed E-state index contributed by atoms with van der Waals surface area (Å²) in [6, 6.07) is 0. The van der Waals surface area contributed by atoms with Gasteiger partial charge in [-0.05, 0) is 6.92 Å². The first-order valence-corrected chi connectivity index (χ1v) is 5.05. The van der Waals surface area contributed by atoms with Gasteiger partial charge in [-0.25, -0.2) is 9.78 Å². The molecule has 0 saturated heterocycles. The summed E-state index contributed by atoms with van der Waals surface area (Å²) in [5.41, 5.74) is 0. The first-order valence-electron chi connectivity index (χ1n) is 5.05. The van der Waals surface area contributed by atoms with Crippen LogP contribution in [0.25, 0.3) is 0 Å². The van der Waals surface area contributed by atoms with Gasteiger partial charge in [0.05, 0.1) is 6.61 Å². The second kappa shape index (κ2) is 5.80. The number of carbonyl (C=O) groups excluding carboxylic acids is 1. The zero-order valence-corrected chi connectivity index (χ0v) is 9.82. The number of hydrogen-bond donors (Lipinski definition) is 0. The monoisotopic (exact) mass is 267 g/mol. The van der Waals surface area contributed by atoms with Gasteiger partial charge in [0, 0.05) is 7.05 Å². The lowest BCUT2D eigenvalue weighted by atomic mass is 10.6. The lowest BCUT2D eigenvalue weighted by Crippen LogP contribution is -2.17. The van der Waals surface area contributed by atoms with Crippen molar-refractivity contribution in [3.05, 3.63) is 11.6 Å². The van der Waals surface area contributed by atoms with Crippen LogP contribution in [0.4, 0.5) is 13.2 Å². The van der Waals surface area contributed by atoms with Crippen molar-refractivity contribution in [1.82, 2.24) is 14.8 Å². The minimum absolute atomic E-state index is 0.113. The SMILES string of the molecule is CCOC(=O)c1nc(COCC(F)(F)F)n(C)n1. The third-order valence-electron chi connectivity index (χ3n) is 1.81. The van der Waals surface area contributed by atoms with Crippen LogP contribution >= 0.6 is 0 Å². The molecular formula is C9H12F3N3O3. The van der Waals surface area contributed by atoms with Crippen molar-refractivity contribution in [3.8, 4) is 0 Å². The van der Waals surface area contributed by atoms with Gasteiger partial charge in [0.1, 0.15) is 13.2 Å². The standard InChI is InChI=1S/C9H12F3N3O3/c1-3-18-8(16)7-13-6(15(2)14-7)4-17-5-9(10,11)12/h3-5H2,1-2H3. The van der Waals surface area contributed by atoms with E-state index in [9.17, 15) is 18.0 Å². The Morgan fingerprint density at radius 3 is 2.67 bits per heavy atom. The highest BCUT2D eigenvalue weighted by Gasteiger charge is 2.27. The summed E-state index contributed by atoms with van der Waals surface area (Å²) in [7, 11) is 1.45. The van der Waals surface area contributed by atoms with E-state index in [0.29, 0.717) is 0 Å². The highest BCUT2D eigenvalue weighted by molar-refractivity contribution is 5.84. The Bertz CT molecular complexity index is 417. The van der Waals surface area contributed by atoms with E-state index in [1.807, 2.05) is 0 Å². The molecule has 1 aromatic heterocycles. The highest BCUT2D eigenvalue weighted by Crippen LogP contribution is 2.15. The molecule has 0 N–H and O–H groups in total. The normalized spacial score (nSPS) is 11.6. The van der Waals surface area contributed by atoms with Crippen molar-refractivity contribution in [1.29, 1.82) is 0 Å². The highest BCUT2D eigenvalue weighted by atomic mass is 19.4. The molecule has 0 aliphatic heterocycles. The van der Waals surface area contributed by atoms with Crippen molar-refractivity contribution in [2.75, 3.05) is 13.2 Å². The van der Waals surface area contributed by atoms with E-state index >= 15 is 0 Å². The molecule has 0 aliphatic rings. The third kappa shape index (κ3) is 4.32. The van der Waals surface area contributed by atoms with Crippen molar-refractivity contribution in [3.63, 3.8) is 0 Å². The second-order valence-electron chi connectivity index (χ2n) is 3.30. The molecule has 1 aromatic rings. The first kappa shape index (κ1) is 14.4. The molecule has 0 amide bonds. The van der Waals surface area contributed by atoms with Crippen LogP contribution in [0.3, 0.4) is 0 Å². The minimum atomic E-state index is -4.40. The smallest absolute Gasteiger partial charge is 0.411 e. The van der Waals surface area contributed by atoms with Crippen LogP contribution in [-0.2, 0) is 23.1 Å². The molecule has 0 aliphatic carbocycles. The van der Waals surface area contributed by atoms with Crippen LogP contribution in [0.2, 0.25) is 0 Å². The van der Waals surface area contributed by atoms with Crippen LogP contribution in [-0.4, -0.2) is 40.1 Å². The van der Waals surface area contributed by atoms with Crippen molar-refractivity contribution < 1.29 is 27.4 Å². The summed E-state index contributed by atoms with van der Waals surface area (Å²) in [5.74, 6) is -0.817. The van der Waals surface area contributed by atoms with Crippen LogP contribution in [0.15, 0.2) is 0 Å². The van der Waals surface area contributed by atoms with Crippen molar-refractivity contribution in [2.45, 2.75) is 19.7 Å². The van der Waals surface area contributed by atoms with E-state index in [4.69, 9.17) is 0 Å². The molecule has 6 nitrogen and oxygen atoms in total. The van der Waals surface area contributed by atoms with Gasteiger partial charge in [-0.1, -0.05) is 0 Å². The Morgan fingerprint density at radius 1 is 1.44 bits per heavy atom. The van der Waals surface area contributed by atoms with E-state index in [1.165, 1.54) is 11.7 Å². The Balaban J connectivity index is 2.59. The molecule has 1 rings (SSSR count). The molecule has 9 heteroatoms. The fraction of sp³-hybridized carbons (Fsp3) is 0.667. The molecule has 0 fully saturated rings. The van der Waals surface area contributed by atoms with E-state index in [0.717, 1.165) is 0 Å². The van der Waals surface area contributed by atoms with Gasteiger partial charge in [0.2, 0.25) is 0 Å². The van der Waals surface area contributed by atoms with Crippen molar-refractivity contribution in [2.24, 2.45) is 7.05 Å². The third-order valence-corrected chi connectivity index (χ3v) is 1.81. The van der Waals surface area contributed by atoms with E-state index < -0.39 is 18.8 Å². The molecule has 0 aromatic carbocycles. The van der Waals surface area contributed by atoms with Gasteiger partial charge in [-0.3, -0.25) is 4.68 Å². The molecule has 0 spiro atoms. The number of rotatable bonds is 5. The largest absolute Gasteiger partial charge is 0.460 e. The van der Waals surface area contributed by atoms with E-state index in [-0.39, 0.29) is 24.9 Å². The second-order valence-corrected chi connectivity index (χ2v) is 3.30. The molecule has 1 heterocycles. The van der Waals surface area contributed by atoms with Gasteiger partial charge in [-0.2, -0.15) is 13.2 Å². The number of nitrogens with zero attached hydrogens (tertiary/aromatic N) is 3. The fourth-order valence-electron chi connectivity index (χ4n) is 1.08. The molecule has 0 saturated carbocycles. The molecule has 0 atom stereocenters. The number of alkyl halides is 3. The minimum Gasteiger partial charge on any atom is -0.460 e. The van der Waals surface area contributed by atoms with Crippen LogP contribution in [0.1, 0.15) is 23.4 Å². The summed E-state index contributed by atoms with van der Waals surface area (Å²) in [5, 5.41) is 3.71. The summed E-state index contributed by atoms with van der Waals surface area (Å²) < 4.78 is 45.8. The van der Waals surface area contributed by atoms with Gasteiger partial charge in [0.15, 0.2) is 5.82 Å². The summed E-state index contributed by atoms with van der Waals surface area (Å²) in [6.45, 7) is 0.0161. The lowest BCUT2D eigenvalue weighted by Gasteiger charge is -2.06. The van der Waals surface area contributed by atoms with E-state index in [2.05, 4.69) is 19.6 Å². The van der Waals surface area contributed by atoms with E-state index in [1.54, 1.807) is 6.92 Å². The van der Waals surface area contributed by atoms with Gasteiger partial charge in [-0.15, -0.1) is 5.10 Å². The molecule has 0 unspecified atom stereocenters. The number of ether oxygens (including phenoxy) is 2. The molecule has 0 radical (unpaired) electrons.